The van der Waals surface area contributed by atoms with Crippen LogP contribution in [0.4, 0.5) is 5.95 Å². The zero-order chi connectivity index (χ0) is 16.6. The van der Waals surface area contributed by atoms with Gasteiger partial charge >= 0.3 is 5.56 Å². The van der Waals surface area contributed by atoms with Gasteiger partial charge in [0.15, 0.2) is 10.3 Å². The molecule has 0 radical (unpaired) electrons. The molecule has 0 atom stereocenters. The molecule has 23 heavy (non-hydrogen) atoms. The summed E-state index contributed by atoms with van der Waals surface area (Å²) in [6.45, 7) is 0.341. The van der Waals surface area contributed by atoms with Crippen molar-refractivity contribution in [1.82, 2.24) is 19.5 Å². The van der Waals surface area contributed by atoms with Gasteiger partial charge in [-0.15, -0.1) is 0 Å². The largest absolute Gasteiger partial charge is 0.497 e. The second-order valence-corrected chi connectivity index (χ2v) is 5.48. The second kappa shape index (κ2) is 5.84. The van der Waals surface area contributed by atoms with E-state index in [4.69, 9.17) is 10.5 Å². The number of nitrogens with zero attached hydrogens (tertiary/aromatic N) is 3. The third-order valence-corrected chi connectivity index (χ3v) is 3.91. The Kier molecular flexibility index (Phi) is 3.87. The van der Waals surface area contributed by atoms with E-state index in [1.165, 1.54) is 0 Å². The molecule has 0 bridgehead atoms. The van der Waals surface area contributed by atoms with Crippen molar-refractivity contribution in [2.75, 3.05) is 12.8 Å². The van der Waals surface area contributed by atoms with Gasteiger partial charge in [-0.25, -0.2) is 4.98 Å². The first kappa shape index (κ1) is 15.2. The number of aromatic amines is 1. The van der Waals surface area contributed by atoms with E-state index in [1.807, 2.05) is 24.3 Å². The lowest BCUT2D eigenvalue weighted by Crippen LogP contribution is -2.11. The Morgan fingerprint density at radius 3 is 2.61 bits per heavy atom. The first-order valence-corrected chi connectivity index (χ1v) is 7.37. The Balaban J connectivity index is 2.19. The Morgan fingerprint density at radius 1 is 1.26 bits per heavy atom. The number of halogens is 1. The summed E-state index contributed by atoms with van der Waals surface area (Å²) in [5.41, 5.74) is 5.25. The molecule has 8 nitrogen and oxygen atoms in total. The molecule has 3 aromatic rings. The van der Waals surface area contributed by atoms with Gasteiger partial charge in [-0.3, -0.25) is 14.6 Å². The zero-order valence-corrected chi connectivity index (χ0v) is 13.6. The summed E-state index contributed by atoms with van der Waals surface area (Å²) in [6.07, 6.45) is 0. The lowest BCUT2D eigenvalue weighted by atomic mass is 10.2. The van der Waals surface area contributed by atoms with Crippen molar-refractivity contribution in [3.63, 3.8) is 0 Å². The van der Waals surface area contributed by atoms with Gasteiger partial charge < -0.3 is 15.0 Å². The Hall–Kier alpha value is -2.68. The van der Waals surface area contributed by atoms with Crippen molar-refractivity contribution in [2.45, 2.75) is 6.54 Å². The molecule has 2 aromatic heterocycles. The van der Waals surface area contributed by atoms with Crippen molar-refractivity contribution in [3.05, 3.63) is 55.3 Å². The minimum absolute atomic E-state index is 0.0386. The maximum Gasteiger partial charge on any atom is 0.301 e. The molecular formula is C14H12BrN5O3. The number of hydrogen-bond acceptors (Lipinski definition) is 6. The Morgan fingerprint density at radius 2 is 1.96 bits per heavy atom. The number of rotatable bonds is 3. The molecule has 0 aliphatic rings. The molecule has 118 valence electrons. The van der Waals surface area contributed by atoms with E-state index in [2.05, 4.69) is 30.9 Å². The summed E-state index contributed by atoms with van der Waals surface area (Å²) in [7, 11) is 1.59. The molecule has 0 saturated carbocycles. The number of aromatic nitrogens is 4. The molecule has 0 spiro atoms. The van der Waals surface area contributed by atoms with Gasteiger partial charge in [0.05, 0.1) is 13.7 Å². The third-order valence-electron chi connectivity index (χ3n) is 3.30. The van der Waals surface area contributed by atoms with E-state index in [1.54, 1.807) is 11.7 Å². The van der Waals surface area contributed by atoms with Gasteiger partial charge in [-0.05, 0) is 33.6 Å². The highest BCUT2D eigenvalue weighted by Gasteiger charge is 2.15. The van der Waals surface area contributed by atoms with E-state index < -0.39 is 11.1 Å². The Labute approximate surface area is 138 Å². The highest BCUT2D eigenvalue weighted by molar-refractivity contribution is 9.10. The van der Waals surface area contributed by atoms with Crippen LogP contribution in [0.2, 0.25) is 0 Å². The second-order valence-electron chi connectivity index (χ2n) is 4.77. The van der Waals surface area contributed by atoms with E-state index in [9.17, 15) is 9.59 Å². The van der Waals surface area contributed by atoms with Crippen LogP contribution in [0.5, 0.6) is 5.75 Å². The molecular weight excluding hydrogens is 366 g/mol. The number of benzene rings is 1. The fourth-order valence-electron chi connectivity index (χ4n) is 2.23. The van der Waals surface area contributed by atoms with Crippen LogP contribution in [-0.2, 0) is 6.54 Å². The summed E-state index contributed by atoms with van der Waals surface area (Å²) >= 11 is 3.27. The molecule has 3 rings (SSSR count). The molecule has 0 aliphatic heterocycles. The number of ether oxygens (including phenoxy) is 1. The molecule has 1 aromatic carbocycles. The number of imidazole rings is 1. The average Bonchev–Trinajstić information content (AvgIpc) is 2.79. The van der Waals surface area contributed by atoms with E-state index in [0.717, 1.165) is 11.3 Å². The van der Waals surface area contributed by atoms with Gasteiger partial charge in [-0.1, -0.05) is 12.1 Å². The van der Waals surface area contributed by atoms with Crippen LogP contribution in [0, 0.1) is 0 Å². The minimum atomic E-state index is -0.662. The number of nitrogens with two attached hydrogens (primary N) is 1. The Bertz CT molecular complexity index is 994. The molecule has 2 heterocycles. The van der Waals surface area contributed by atoms with E-state index in [-0.39, 0.29) is 17.0 Å². The maximum atomic E-state index is 12.3. The maximum absolute atomic E-state index is 12.3. The van der Waals surface area contributed by atoms with Crippen LogP contribution in [0.25, 0.3) is 11.0 Å². The topological polar surface area (TPSA) is 116 Å². The molecule has 0 fully saturated rings. The van der Waals surface area contributed by atoms with Crippen LogP contribution < -0.4 is 21.6 Å². The standard InChI is InChI=1S/C14H12BrN5O3/c1-23-8-4-2-7(3-5-8)6-20-10-9(17-13(20)15)11(21)18-14(16)19-12(10)22/h2-5H,6H2,1H3,(H3,16,18,19,21,22). The summed E-state index contributed by atoms with van der Waals surface area (Å²) in [6, 6.07) is 7.34. The molecule has 0 amide bonds. The summed E-state index contributed by atoms with van der Waals surface area (Å²) in [4.78, 5) is 34.3. The number of hydrogen-bond donors (Lipinski definition) is 2. The van der Waals surface area contributed by atoms with Crippen molar-refractivity contribution in [3.8, 4) is 5.75 Å². The van der Waals surface area contributed by atoms with Crippen LogP contribution in [0.3, 0.4) is 0 Å². The smallest absolute Gasteiger partial charge is 0.301 e. The van der Waals surface area contributed by atoms with Crippen LogP contribution in [-0.4, -0.2) is 26.6 Å². The van der Waals surface area contributed by atoms with Crippen molar-refractivity contribution >= 4 is 32.9 Å². The van der Waals surface area contributed by atoms with Crippen molar-refractivity contribution < 1.29 is 4.74 Å². The fraction of sp³-hybridized carbons (Fsp3) is 0.143. The normalized spacial score (nSPS) is 10.9. The molecule has 9 heteroatoms. The minimum Gasteiger partial charge on any atom is -0.497 e. The van der Waals surface area contributed by atoms with Gasteiger partial charge in [0.1, 0.15) is 11.3 Å². The van der Waals surface area contributed by atoms with Crippen LogP contribution in [0.1, 0.15) is 5.56 Å². The average molecular weight is 378 g/mol. The summed E-state index contributed by atoms with van der Waals surface area (Å²) in [5.74, 6) is 0.483. The fourth-order valence-corrected chi connectivity index (χ4v) is 2.71. The number of anilines is 1. The highest BCUT2D eigenvalue weighted by Crippen LogP contribution is 2.18. The summed E-state index contributed by atoms with van der Waals surface area (Å²) < 4.78 is 7.05. The molecule has 0 unspecified atom stereocenters. The van der Waals surface area contributed by atoms with E-state index >= 15 is 0 Å². The van der Waals surface area contributed by atoms with E-state index in [0.29, 0.717) is 11.3 Å². The van der Waals surface area contributed by atoms with Crippen molar-refractivity contribution in [2.24, 2.45) is 0 Å². The number of fused-ring (bicyclic) bond motifs is 1. The highest BCUT2D eigenvalue weighted by atomic mass is 79.9. The van der Waals surface area contributed by atoms with Crippen LogP contribution >= 0.6 is 15.9 Å². The number of nitrogens with one attached hydrogen (secondary N) is 1. The van der Waals surface area contributed by atoms with Crippen LogP contribution in [0.15, 0.2) is 38.6 Å². The first-order valence-electron chi connectivity index (χ1n) is 6.58. The predicted octanol–water partition coefficient (Wildman–Crippen LogP) is 0.881. The van der Waals surface area contributed by atoms with Gasteiger partial charge in [0.2, 0.25) is 5.95 Å². The predicted molar refractivity (Wildman–Crippen MR) is 88.6 cm³/mol. The zero-order valence-electron chi connectivity index (χ0n) is 12.0. The number of nitrogen functional groups attached to an aromatic ring is 1. The van der Waals surface area contributed by atoms with Gasteiger partial charge in [0, 0.05) is 0 Å². The van der Waals surface area contributed by atoms with Crippen molar-refractivity contribution in [1.29, 1.82) is 0 Å². The lowest BCUT2D eigenvalue weighted by Gasteiger charge is -2.06. The first-order chi connectivity index (χ1) is 11.0. The summed E-state index contributed by atoms with van der Waals surface area (Å²) in [5, 5.41) is 0. The monoisotopic (exact) mass is 377 g/mol. The van der Waals surface area contributed by atoms with Gasteiger partial charge in [-0.2, -0.15) is 4.98 Å². The number of methoxy groups -OCH3 is 1. The quantitative estimate of drug-likeness (QED) is 0.699. The van der Waals surface area contributed by atoms with Gasteiger partial charge in [0.25, 0.3) is 5.56 Å². The molecule has 0 saturated heterocycles. The lowest BCUT2D eigenvalue weighted by molar-refractivity contribution is 0.414. The molecule has 0 aliphatic carbocycles. The SMILES string of the molecule is COc1ccc(Cn2c(Br)nc3c(=O)nc(N)[nH]c(=O)c32)cc1. The third kappa shape index (κ3) is 2.82. The molecule has 3 N–H and O–H groups in total. The number of H-pyrrole nitrogens is 1.